The van der Waals surface area contributed by atoms with E-state index in [1.807, 2.05) is 24.3 Å². The van der Waals surface area contributed by atoms with Crippen molar-refractivity contribution in [2.24, 2.45) is 0 Å². The summed E-state index contributed by atoms with van der Waals surface area (Å²) >= 11 is 0. The first-order valence-electron chi connectivity index (χ1n) is 49.5. The molecule has 0 saturated heterocycles. The van der Waals surface area contributed by atoms with Crippen molar-refractivity contribution < 1.29 is 61.4 Å². The summed E-state index contributed by atoms with van der Waals surface area (Å²) in [7, 11) is 0. The smallest absolute Gasteiger partial charge is 0.269 e. The second-order valence-electron chi connectivity index (χ2n) is 27.7. The summed E-state index contributed by atoms with van der Waals surface area (Å²) in [5.74, 6) is 1.03. The Kier molecular flexibility index (Phi) is 6.81. The van der Waals surface area contributed by atoms with E-state index in [2.05, 4.69) is 96.6 Å². The normalized spacial score (nSPS) is 28.3. The van der Waals surface area contributed by atoms with E-state index in [9.17, 15) is 19.2 Å². The summed E-state index contributed by atoms with van der Waals surface area (Å²) in [6.07, 6.45) is -10.1. The molecule has 91 heavy (non-hydrogen) atoms. The molecule has 0 atom stereocenters. The lowest BCUT2D eigenvalue weighted by atomic mass is 9.53. The molecule has 0 aliphatic heterocycles. The van der Waals surface area contributed by atoms with Gasteiger partial charge in [-0.2, -0.15) is 0 Å². The van der Waals surface area contributed by atoms with Crippen molar-refractivity contribution >= 4 is 32.8 Å². The van der Waals surface area contributed by atoms with E-state index in [1.165, 1.54) is 51.6 Å². The third-order valence-electron chi connectivity index (χ3n) is 19.4. The number of fused-ring (bicyclic) bond motifs is 6. The van der Waals surface area contributed by atoms with Crippen LogP contribution in [0.5, 0.6) is 11.5 Å². The molecule has 8 aromatic carbocycles. The molecule has 3 heterocycles. The van der Waals surface area contributed by atoms with E-state index in [0.717, 1.165) is 81.4 Å². The summed E-state index contributed by atoms with van der Waals surface area (Å²) < 4.78 is 367. The molecule has 5 heteroatoms. The van der Waals surface area contributed by atoms with Gasteiger partial charge in [0.25, 0.3) is 6.33 Å². The van der Waals surface area contributed by atoms with Crippen molar-refractivity contribution in [3.05, 3.63) is 221 Å². The van der Waals surface area contributed by atoms with Crippen LogP contribution in [0.4, 0.5) is 0 Å². The van der Waals surface area contributed by atoms with Gasteiger partial charge >= 0.3 is 0 Å². The predicted octanol–water partition coefficient (Wildman–Crippen LogP) is 22.4. The van der Waals surface area contributed by atoms with Crippen LogP contribution in [0, 0.1) is 6.33 Å². The summed E-state index contributed by atoms with van der Waals surface area (Å²) in [5, 5.41) is 1.74. The van der Waals surface area contributed by atoms with Crippen LogP contribution in [0.3, 0.4) is 0 Å². The van der Waals surface area contributed by atoms with Crippen molar-refractivity contribution in [3.8, 4) is 62.1 Å². The molecule has 0 N–H and O–H groups in total. The molecule has 0 spiro atoms. The number of para-hydroxylation sites is 3. The van der Waals surface area contributed by atoms with Crippen molar-refractivity contribution in [3.63, 3.8) is 0 Å². The number of ether oxygens (including phenoxy) is 1. The van der Waals surface area contributed by atoms with Gasteiger partial charge in [-0.1, -0.05) is 213 Å². The van der Waals surface area contributed by atoms with Crippen molar-refractivity contribution in [2.45, 2.75) is 205 Å². The largest absolute Gasteiger partial charge is 0.458 e. The van der Waals surface area contributed by atoms with Crippen molar-refractivity contribution in [1.82, 2.24) is 14.1 Å². The molecule has 0 amide bonds. The minimum absolute atomic E-state index is 0.0469. The molecule has 0 fully saturated rings. The Morgan fingerprint density at radius 2 is 1.11 bits per heavy atom. The Labute approximate surface area is 595 Å². The van der Waals surface area contributed by atoms with Crippen LogP contribution < -0.4 is 9.30 Å². The van der Waals surface area contributed by atoms with Gasteiger partial charge in [-0.05, 0) is 227 Å². The number of hydrogen-bond acceptors (Lipinski definition) is 2. The number of aromatic nitrogens is 4. The van der Waals surface area contributed by atoms with E-state index in [-0.39, 0.29) is 44.1 Å². The Balaban J connectivity index is 1.02. The SMILES string of the molecule is [2H]c1c([2H])c2c(c([2H])c1-c1cccc(-c3c([2H])c([2H])c4c(c3[2H])C(C([2H])([2H])[2H])(C([2H])([2H])[2H])C([2H])([2H])C([2H])([2H])C4(C([2H])([2H])[2H])C([2H])([2H])[2H])c1-[n+]1[c-]n(-c3cccc(Oc4ccc5c6cc(-c7cc8c9c(c7)C(C)(C)CCC9(C)CCC8(C)C)ccc6n(-c6cc(C(C)(C)C)ccn6)c5c4)c3)c3ccccc31)C(C([2H])([2H])[2H])(C([2H])([2H])[2H])C([2H])([2H])C([2H])([2H])C2(C([2H])([2H])[2H])C([2H])([2H])[2H]. The van der Waals surface area contributed by atoms with Crippen LogP contribution >= 0.6 is 0 Å². The molecular formula is C86H92N4O. The van der Waals surface area contributed by atoms with Crippen LogP contribution in [0.2, 0.25) is 0 Å². The highest BCUT2D eigenvalue weighted by atomic mass is 16.5. The van der Waals surface area contributed by atoms with Crippen LogP contribution in [-0.2, 0) is 43.3 Å². The highest BCUT2D eigenvalue weighted by molar-refractivity contribution is 6.11. The number of pyridine rings is 1. The summed E-state index contributed by atoms with van der Waals surface area (Å²) in [4.78, 5) is 4.97. The molecule has 3 aromatic heterocycles. The summed E-state index contributed by atoms with van der Waals surface area (Å²) in [6, 6.07) is 25.1. The molecule has 0 bridgehead atoms. The minimum Gasteiger partial charge on any atom is -0.458 e. The molecule has 0 unspecified atom stereocenters. The van der Waals surface area contributed by atoms with Gasteiger partial charge in [-0.25, -0.2) is 4.98 Å². The van der Waals surface area contributed by atoms with E-state index in [0.29, 0.717) is 17.1 Å². The number of hydrogen-bond donors (Lipinski definition) is 0. The van der Waals surface area contributed by atoms with E-state index < -0.39 is 188 Å². The molecule has 4 aliphatic rings. The van der Waals surface area contributed by atoms with Gasteiger partial charge in [0.2, 0.25) is 0 Å². The average molecular weight is 1240 g/mol. The number of rotatable bonds is 8. The molecule has 0 saturated carbocycles. The highest BCUT2D eigenvalue weighted by Gasteiger charge is 2.47. The van der Waals surface area contributed by atoms with Crippen molar-refractivity contribution in [2.75, 3.05) is 0 Å². The fraction of sp³-hybridized carbons (Fsp3) is 0.372. The topological polar surface area (TPSA) is 35.9 Å². The summed E-state index contributed by atoms with van der Waals surface area (Å²) in [5.41, 5.74) is -23.3. The minimum atomic E-state index is -4.86. The zero-order chi connectivity index (χ0) is 96.1. The Morgan fingerprint density at radius 3 is 1.73 bits per heavy atom. The summed E-state index contributed by atoms with van der Waals surface area (Å²) in [6.45, 7) is -18.4. The third-order valence-corrected chi connectivity index (χ3v) is 19.4. The van der Waals surface area contributed by atoms with Crippen LogP contribution in [-0.4, -0.2) is 14.1 Å². The fourth-order valence-electron chi connectivity index (χ4n) is 14.1. The van der Waals surface area contributed by atoms with Crippen LogP contribution in [0.25, 0.3) is 83.4 Å². The lowest BCUT2D eigenvalue weighted by molar-refractivity contribution is -0.571. The lowest BCUT2D eigenvalue weighted by Gasteiger charge is -2.51. The van der Waals surface area contributed by atoms with Gasteiger partial charge in [0.15, 0.2) is 0 Å². The predicted molar refractivity (Wildman–Crippen MR) is 380 cm³/mol. The fourth-order valence-corrected chi connectivity index (χ4v) is 14.1. The molecule has 15 rings (SSSR count). The number of nitrogens with zero attached hydrogens (tertiary/aromatic N) is 4. The Morgan fingerprint density at radius 1 is 0.516 bits per heavy atom. The Bertz CT molecular complexity index is 6240. The highest BCUT2D eigenvalue weighted by Crippen LogP contribution is 2.57. The molecule has 4 aliphatic carbocycles. The van der Waals surface area contributed by atoms with Crippen molar-refractivity contribution in [1.29, 1.82) is 0 Å². The number of benzene rings is 8. The van der Waals surface area contributed by atoms with E-state index in [4.69, 9.17) is 42.6 Å². The van der Waals surface area contributed by atoms with Gasteiger partial charge in [-0.3, -0.25) is 13.7 Å². The standard InChI is InChI=1S/C86H92N4O/c1-79(2,3)58-35-44-87-76(50-58)90-72-34-29-54(57-48-70-77-71(49-57)85(14,15)41-43-86(77,16)42-40-84(70,12)13)45-65(72)64-31-30-61(52-75(64)90)91-60-22-19-21-59(51-60)88-53-89(74-26-18-17-25-73(74)88)78-62(55-27-32-66-68(46-55)82(8,9)38-36-80(66,4)5)23-20-24-63(78)56-28-33-67-69(47-56)83(10,11)39-37-81(67,6)7/h17-35,44-52H,36-43H2,1-16H3/i4D3,5D3,6D3,7D3,8D3,9D3,10D3,11D3,27D,28D,32D,33D,36D2,37D2,38D2,39D2,46D,47D. The second-order valence-corrected chi connectivity index (χ2v) is 27.7. The molecule has 0 radical (unpaired) electrons. The third kappa shape index (κ3) is 9.66. The molecular weight excluding hydrogens is 1100 g/mol. The number of imidazole rings is 1. The zero-order valence-electron chi connectivity index (χ0n) is 89.7. The average Bonchev–Trinajstić information content (AvgIpc) is 1.48. The van der Waals surface area contributed by atoms with E-state index in [1.54, 1.807) is 30.5 Å². The molecule has 11 aromatic rings. The lowest BCUT2D eigenvalue weighted by Crippen LogP contribution is -2.43. The van der Waals surface area contributed by atoms with Crippen LogP contribution in [0.15, 0.2) is 170 Å². The van der Waals surface area contributed by atoms with Gasteiger partial charge in [0, 0.05) is 66.9 Å². The van der Waals surface area contributed by atoms with Gasteiger partial charge in [-0.15, -0.1) is 0 Å². The van der Waals surface area contributed by atoms with Gasteiger partial charge in [0.1, 0.15) is 17.3 Å². The first kappa shape index (κ1) is 30.6. The Hall–Kier alpha value is -8.02. The maximum atomic E-state index is 10.5. The van der Waals surface area contributed by atoms with E-state index >= 15 is 0 Å². The first-order chi connectivity index (χ1) is 58.6. The van der Waals surface area contributed by atoms with Gasteiger partial charge in [0.05, 0.1) is 41.7 Å². The molecule has 462 valence electrons. The molecule has 5 nitrogen and oxygen atoms in total. The first-order valence-corrected chi connectivity index (χ1v) is 30.5. The van der Waals surface area contributed by atoms with Gasteiger partial charge < -0.3 is 4.74 Å². The second kappa shape index (κ2) is 20.2. The maximum Gasteiger partial charge on any atom is 0.269 e. The maximum absolute atomic E-state index is 10.5. The zero-order valence-corrected chi connectivity index (χ0v) is 51.7. The monoisotopic (exact) mass is 1230 g/mol. The quantitative estimate of drug-likeness (QED) is 0.112. The van der Waals surface area contributed by atoms with Crippen LogP contribution in [0.1, 0.15) is 258 Å².